The van der Waals surface area contributed by atoms with Crippen molar-refractivity contribution in [1.29, 1.82) is 0 Å². The molecule has 2 saturated carbocycles. The van der Waals surface area contributed by atoms with Crippen molar-refractivity contribution in [2.24, 2.45) is 0 Å². The van der Waals surface area contributed by atoms with Crippen molar-refractivity contribution in [3.8, 4) is 0 Å². The van der Waals surface area contributed by atoms with Gasteiger partial charge in [-0.25, -0.2) is 0 Å². The first-order chi connectivity index (χ1) is 6.66. The van der Waals surface area contributed by atoms with Gasteiger partial charge < -0.3 is 9.84 Å². The van der Waals surface area contributed by atoms with E-state index in [4.69, 9.17) is 9.84 Å². The molecule has 0 amide bonds. The number of ether oxygens (including phenoxy) is 1. The van der Waals surface area contributed by atoms with Crippen molar-refractivity contribution in [3.63, 3.8) is 0 Å². The van der Waals surface area contributed by atoms with Crippen LogP contribution in [0.15, 0.2) is 0 Å². The standard InChI is InChI=1S/C10H17NO3/c1-2-14-8-5-10(6-8,9(12)13)11-7-3-4-7/h7-8,11H,2-6H2,1H3,(H,12,13). The fraction of sp³-hybridized carbons (Fsp3) is 0.900. The SMILES string of the molecule is CCOC1CC(NC2CC2)(C(=O)O)C1. The van der Waals surface area contributed by atoms with Crippen molar-refractivity contribution in [2.45, 2.75) is 50.3 Å². The number of hydrogen-bond donors (Lipinski definition) is 2. The van der Waals surface area contributed by atoms with E-state index in [9.17, 15) is 4.79 Å². The number of carboxylic acid groups (broad SMARTS) is 1. The van der Waals surface area contributed by atoms with Crippen LogP contribution in [0.5, 0.6) is 0 Å². The van der Waals surface area contributed by atoms with Gasteiger partial charge >= 0.3 is 5.97 Å². The van der Waals surface area contributed by atoms with Crippen molar-refractivity contribution in [1.82, 2.24) is 5.32 Å². The molecular formula is C10H17NO3. The summed E-state index contributed by atoms with van der Waals surface area (Å²) in [7, 11) is 0. The van der Waals surface area contributed by atoms with Gasteiger partial charge in [0.2, 0.25) is 0 Å². The normalized spacial score (nSPS) is 36.5. The van der Waals surface area contributed by atoms with Crippen LogP contribution in [-0.2, 0) is 9.53 Å². The van der Waals surface area contributed by atoms with Crippen LogP contribution in [0.4, 0.5) is 0 Å². The van der Waals surface area contributed by atoms with Gasteiger partial charge in [-0.1, -0.05) is 0 Å². The Balaban J connectivity index is 1.87. The lowest BCUT2D eigenvalue weighted by Crippen LogP contribution is -2.63. The topological polar surface area (TPSA) is 58.6 Å². The van der Waals surface area contributed by atoms with E-state index in [1.54, 1.807) is 0 Å². The fourth-order valence-electron chi connectivity index (χ4n) is 2.04. The van der Waals surface area contributed by atoms with Gasteiger partial charge in [0.05, 0.1) is 6.10 Å². The average Bonchev–Trinajstić information content (AvgIpc) is 2.83. The van der Waals surface area contributed by atoms with Crippen LogP contribution in [-0.4, -0.2) is 35.4 Å². The second kappa shape index (κ2) is 3.51. The number of carboxylic acids is 1. The van der Waals surface area contributed by atoms with E-state index in [0.717, 1.165) is 12.8 Å². The van der Waals surface area contributed by atoms with Crippen molar-refractivity contribution >= 4 is 5.97 Å². The third-order valence-electron chi connectivity index (χ3n) is 3.02. The molecule has 0 aromatic heterocycles. The minimum absolute atomic E-state index is 0.141. The van der Waals surface area contributed by atoms with Crippen LogP contribution in [0.1, 0.15) is 32.6 Å². The van der Waals surface area contributed by atoms with E-state index >= 15 is 0 Å². The molecule has 0 unspecified atom stereocenters. The van der Waals surface area contributed by atoms with Gasteiger partial charge in [0.15, 0.2) is 0 Å². The molecular weight excluding hydrogens is 182 g/mol. The minimum Gasteiger partial charge on any atom is -0.480 e. The predicted molar refractivity (Wildman–Crippen MR) is 51.2 cm³/mol. The Morgan fingerprint density at radius 2 is 2.21 bits per heavy atom. The van der Waals surface area contributed by atoms with Gasteiger partial charge in [-0.3, -0.25) is 10.1 Å². The Hall–Kier alpha value is -0.610. The molecule has 0 aromatic rings. The highest BCUT2D eigenvalue weighted by atomic mass is 16.5. The van der Waals surface area contributed by atoms with Crippen LogP contribution in [0.25, 0.3) is 0 Å². The van der Waals surface area contributed by atoms with Gasteiger partial charge in [-0.2, -0.15) is 0 Å². The lowest BCUT2D eigenvalue weighted by molar-refractivity contribution is -0.157. The summed E-state index contributed by atoms with van der Waals surface area (Å²) in [4.78, 5) is 11.1. The van der Waals surface area contributed by atoms with E-state index < -0.39 is 11.5 Å². The molecule has 4 heteroatoms. The first kappa shape index (κ1) is 9.93. The molecule has 2 fully saturated rings. The zero-order chi connectivity index (χ0) is 10.2. The van der Waals surface area contributed by atoms with E-state index in [1.165, 1.54) is 0 Å². The molecule has 0 saturated heterocycles. The highest BCUT2D eigenvalue weighted by Gasteiger charge is 2.52. The van der Waals surface area contributed by atoms with Crippen LogP contribution < -0.4 is 5.32 Å². The van der Waals surface area contributed by atoms with Crippen LogP contribution in [0.2, 0.25) is 0 Å². The quantitative estimate of drug-likeness (QED) is 0.686. The second-order valence-electron chi connectivity index (χ2n) is 4.29. The van der Waals surface area contributed by atoms with E-state index in [-0.39, 0.29) is 6.10 Å². The summed E-state index contributed by atoms with van der Waals surface area (Å²) in [6.45, 7) is 2.61. The van der Waals surface area contributed by atoms with Gasteiger partial charge in [0.1, 0.15) is 5.54 Å². The smallest absolute Gasteiger partial charge is 0.324 e. The molecule has 0 aromatic carbocycles. The molecule has 80 valence electrons. The highest BCUT2D eigenvalue weighted by molar-refractivity contribution is 5.80. The third kappa shape index (κ3) is 1.77. The minimum atomic E-state index is -0.722. The third-order valence-corrected chi connectivity index (χ3v) is 3.02. The Morgan fingerprint density at radius 3 is 2.64 bits per heavy atom. The number of rotatable bonds is 5. The molecule has 0 radical (unpaired) electrons. The number of aliphatic carboxylic acids is 1. The summed E-state index contributed by atoms with van der Waals surface area (Å²) in [6.07, 6.45) is 3.62. The fourth-order valence-corrected chi connectivity index (χ4v) is 2.04. The van der Waals surface area contributed by atoms with Crippen molar-refractivity contribution < 1.29 is 14.6 Å². The van der Waals surface area contributed by atoms with E-state index in [2.05, 4.69) is 5.32 Å². The monoisotopic (exact) mass is 199 g/mol. The molecule has 0 atom stereocenters. The molecule has 4 nitrogen and oxygen atoms in total. The number of nitrogens with one attached hydrogen (secondary N) is 1. The van der Waals surface area contributed by atoms with Crippen molar-refractivity contribution in [2.75, 3.05) is 6.61 Å². The molecule has 2 rings (SSSR count). The molecule has 0 aliphatic heterocycles. The maximum Gasteiger partial charge on any atom is 0.324 e. The second-order valence-corrected chi connectivity index (χ2v) is 4.29. The van der Waals surface area contributed by atoms with E-state index in [0.29, 0.717) is 25.5 Å². The Morgan fingerprint density at radius 1 is 1.57 bits per heavy atom. The Labute approximate surface area is 83.6 Å². The first-order valence-corrected chi connectivity index (χ1v) is 5.29. The first-order valence-electron chi connectivity index (χ1n) is 5.29. The molecule has 0 bridgehead atoms. The maximum atomic E-state index is 11.1. The molecule has 0 spiro atoms. The summed E-state index contributed by atoms with van der Waals surface area (Å²) < 4.78 is 5.38. The summed E-state index contributed by atoms with van der Waals surface area (Å²) in [5.74, 6) is -0.722. The molecule has 2 aliphatic carbocycles. The molecule has 2 N–H and O–H groups in total. The summed E-state index contributed by atoms with van der Waals surface area (Å²) in [5.41, 5.74) is -0.680. The highest BCUT2D eigenvalue weighted by Crippen LogP contribution is 2.38. The number of carbonyl (C=O) groups is 1. The van der Waals surface area contributed by atoms with Gasteiger partial charge in [-0.05, 0) is 19.8 Å². The lowest BCUT2D eigenvalue weighted by Gasteiger charge is -2.44. The predicted octanol–water partition coefficient (Wildman–Crippen LogP) is 0.761. The van der Waals surface area contributed by atoms with Gasteiger partial charge in [0, 0.05) is 25.5 Å². The molecule has 14 heavy (non-hydrogen) atoms. The maximum absolute atomic E-state index is 11.1. The Bertz CT molecular complexity index is 232. The largest absolute Gasteiger partial charge is 0.480 e. The molecule has 0 heterocycles. The Kier molecular flexibility index (Phi) is 2.49. The summed E-state index contributed by atoms with van der Waals surface area (Å²) in [5, 5.41) is 12.3. The zero-order valence-corrected chi connectivity index (χ0v) is 8.45. The zero-order valence-electron chi connectivity index (χ0n) is 8.45. The van der Waals surface area contributed by atoms with Crippen LogP contribution in [0.3, 0.4) is 0 Å². The molecule has 2 aliphatic rings. The average molecular weight is 199 g/mol. The van der Waals surface area contributed by atoms with Crippen LogP contribution >= 0.6 is 0 Å². The lowest BCUT2D eigenvalue weighted by atomic mass is 9.74. The van der Waals surface area contributed by atoms with Crippen molar-refractivity contribution in [3.05, 3.63) is 0 Å². The van der Waals surface area contributed by atoms with Crippen LogP contribution in [0, 0.1) is 0 Å². The van der Waals surface area contributed by atoms with Gasteiger partial charge in [-0.15, -0.1) is 0 Å². The number of hydrogen-bond acceptors (Lipinski definition) is 3. The summed E-state index contributed by atoms with van der Waals surface area (Å²) >= 11 is 0. The van der Waals surface area contributed by atoms with E-state index in [1.807, 2.05) is 6.92 Å². The summed E-state index contributed by atoms with van der Waals surface area (Å²) in [6, 6.07) is 0.439. The van der Waals surface area contributed by atoms with Gasteiger partial charge in [0.25, 0.3) is 0 Å².